The van der Waals surface area contributed by atoms with Crippen LogP contribution in [0.4, 0.5) is 5.69 Å². The summed E-state index contributed by atoms with van der Waals surface area (Å²) in [6.07, 6.45) is -0.539. The van der Waals surface area contributed by atoms with Crippen molar-refractivity contribution in [1.82, 2.24) is 0 Å². The fourth-order valence-electron chi connectivity index (χ4n) is 1.43. The Morgan fingerprint density at radius 1 is 1.42 bits per heavy atom. The maximum atomic E-state index is 9.85. The van der Waals surface area contributed by atoms with Crippen LogP contribution in [0.2, 0.25) is 0 Å². The van der Waals surface area contributed by atoms with Gasteiger partial charge in [0.1, 0.15) is 0 Å². The number of nitrogen functional groups attached to an aromatic ring is 1. The van der Waals surface area contributed by atoms with Crippen molar-refractivity contribution in [2.45, 2.75) is 24.0 Å². The predicted octanol–water partition coefficient (Wildman–Crippen LogP) is 2.54. The molecule has 0 aromatic heterocycles. The molecule has 0 fully saturated rings. The summed E-state index contributed by atoms with van der Waals surface area (Å²) in [5.41, 5.74) is 6.58. The van der Waals surface area contributed by atoms with Crippen molar-refractivity contribution in [3.63, 3.8) is 0 Å². The Morgan fingerprint density at radius 3 is 2.84 bits per heavy atom. The van der Waals surface area contributed by atoms with E-state index in [0.29, 0.717) is 24.7 Å². The van der Waals surface area contributed by atoms with Crippen LogP contribution in [0.3, 0.4) is 0 Å². The number of nitrogens with two attached hydrogens (primary N) is 1. The first kappa shape index (κ1) is 16.8. The molecule has 0 saturated carbocycles. The maximum absolute atomic E-state index is 9.85. The molecule has 108 valence electrons. The van der Waals surface area contributed by atoms with Gasteiger partial charge in [-0.1, -0.05) is 15.9 Å². The van der Waals surface area contributed by atoms with E-state index in [1.165, 1.54) is 11.8 Å². The topological polar surface area (TPSA) is 64.7 Å². The van der Waals surface area contributed by atoms with E-state index in [1.54, 1.807) is 7.11 Å². The van der Waals surface area contributed by atoms with Crippen LogP contribution < -0.4 is 5.73 Å². The largest absolute Gasteiger partial charge is 0.398 e. The molecule has 0 aliphatic heterocycles. The quantitative estimate of drug-likeness (QED) is 0.557. The second-order valence-electron chi connectivity index (χ2n) is 4.25. The van der Waals surface area contributed by atoms with Crippen molar-refractivity contribution in [3.05, 3.63) is 22.7 Å². The minimum Gasteiger partial charge on any atom is -0.398 e. The van der Waals surface area contributed by atoms with Gasteiger partial charge in [-0.25, -0.2) is 0 Å². The molecular formula is C13H20BrNO3S. The number of anilines is 1. The van der Waals surface area contributed by atoms with Crippen molar-refractivity contribution in [2.24, 2.45) is 0 Å². The monoisotopic (exact) mass is 349 g/mol. The van der Waals surface area contributed by atoms with E-state index in [4.69, 9.17) is 15.2 Å². The first-order valence-electron chi connectivity index (χ1n) is 5.99. The number of methoxy groups -OCH3 is 1. The highest BCUT2D eigenvalue weighted by molar-refractivity contribution is 9.10. The van der Waals surface area contributed by atoms with E-state index < -0.39 is 6.10 Å². The summed E-state index contributed by atoms with van der Waals surface area (Å²) < 4.78 is 11.4. The average Bonchev–Trinajstić information content (AvgIpc) is 2.38. The van der Waals surface area contributed by atoms with Crippen LogP contribution in [0, 0.1) is 0 Å². The summed E-state index contributed by atoms with van der Waals surface area (Å²) >= 11 is 4.92. The highest BCUT2D eigenvalue weighted by Crippen LogP contribution is 2.28. The normalized spacial score (nSPS) is 14.3. The molecule has 0 heterocycles. The molecule has 2 atom stereocenters. The molecule has 19 heavy (non-hydrogen) atoms. The molecule has 1 aromatic rings. The second kappa shape index (κ2) is 8.81. The zero-order valence-corrected chi connectivity index (χ0v) is 13.5. The number of halogens is 1. The number of hydrogen-bond acceptors (Lipinski definition) is 5. The van der Waals surface area contributed by atoms with E-state index in [1.807, 2.05) is 25.1 Å². The molecule has 0 aliphatic rings. The smallest absolute Gasteiger partial charge is 0.0867 e. The van der Waals surface area contributed by atoms with Crippen molar-refractivity contribution in [3.8, 4) is 0 Å². The van der Waals surface area contributed by atoms with Crippen LogP contribution in [0.1, 0.15) is 6.92 Å². The van der Waals surface area contributed by atoms with Crippen LogP contribution in [0.25, 0.3) is 0 Å². The summed E-state index contributed by atoms with van der Waals surface area (Å²) in [6, 6.07) is 5.68. The maximum Gasteiger partial charge on any atom is 0.0867 e. The van der Waals surface area contributed by atoms with Gasteiger partial charge < -0.3 is 20.3 Å². The van der Waals surface area contributed by atoms with Gasteiger partial charge in [-0.3, -0.25) is 0 Å². The zero-order chi connectivity index (χ0) is 14.3. The van der Waals surface area contributed by atoms with Gasteiger partial charge in [0.2, 0.25) is 0 Å². The number of benzene rings is 1. The molecule has 1 rings (SSSR count). The third-order valence-corrected chi connectivity index (χ3v) is 4.09. The van der Waals surface area contributed by atoms with E-state index in [9.17, 15) is 5.11 Å². The number of ether oxygens (including phenoxy) is 2. The lowest BCUT2D eigenvalue weighted by molar-refractivity contribution is -0.0257. The molecule has 0 spiro atoms. The van der Waals surface area contributed by atoms with Crippen LogP contribution in [-0.2, 0) is 9.47 Å². The van der Waals surface area contributed by atoms with E-state index in [2.05, 4.69) is 15.9 Å². The third kappa shape index (κ3) is 6.63. The van der Waals surface area contributed by atoms with Crippen molar-refractivity contribution in [2.75, 3.05) is 31.8 Å². The van der Waals surface area contributed by atoms with Gasteiger partial charge in [0.25, 0.3) is 0 Å². The highest BCUT2D eigenvalue weighted by atomic mass is 79.9. The van der Waals surface area contributed by atoms with E-state index >= 15 is 0 Å². The molecule has 2 unspecified atom stereocenters. The lowest BCUT2D eigenvalue weighted by Crippen LogP contribution is -2.24. The second-order valence-corrected chi connectivity index (χ2v) is 6.22. The first-order chi connectivity index (χ1) is 9.02. The fourth-order valence-corrected chi connectivity index (χ4v) is 2.85. The number of thioether (sulfide) groups is 1. The zero-order valence-electron chi connectivity index (χ0n) is 11.1. The van der Waals surface area contributed by atoms with Gasteiger partial charge in [-0.2, -0.15) is 0 Å². The van der Waals surface area contributed by atoms with Crippen molar-refractivity contribution in [1.29, 1.82) is 0 Å². The third-order valence-electron chi connectivity index (χ3n) is 2.38. The van der Waals surface area contributed by atoms with Crippen LogP contribution in [0.15, 0.2) is 27.6 Å². The Kier molecular flexibility index (Phi) is 7.78. The van der Waals surface area contributed by atoms with Crippen LogP contribution in [-0.4, -0.2) is 43.4 Å². The van der Waals surface area contributed by atoms with Crippen LogP contribution in [0.5, 0.6) is 0 Å². The highest BCUT2D eigenvalue weighted by Gasteiger charge is 2.10. The molecule has 0 amide bonds. The number of aliphatic hydroxyl groups excluding tert-OH is 1. The molecule has 0 radical (unpaired) electrons. The molecule has 0 aliphatic carbocycles. The molecule has 0 saturated heterocycles. The van der Waals surface area contributed by atoms with Gasteiger partial charge in [0.15, 0.2) is 0 Å². The van der Waals surface area contributed by atoms with Gasteiger partial charge in [-0.15, -0.1) is 11.8 Å². The summed E-state index contributed by atoms with van der Waals surface area (Å²) in [4.78, 5) is 0.957. The summed E-state index contributed by atoms with van der Waals surface area (Å²) in [7, 11) is 1.63. The van der Waals surface area contributed by atoms with E-state index in [-0.39, 0.29) is 6.10 Å². The van der Waals surface area contributed by atoms with Gasteiger partial charge >= 0.3 is 0 Å². The van der Waals surface area contributed by atoms with Gasteiger partial charge in [0, 0.05) is 27.9 Å². The fraction of sp³-hybridized carbons (Fsp3) is 0.538. The molecule has 3 N–H and O–H groups in total. The Bertz CT molecular complexity index is 392. The van der Waals surface area contributed by atoms with Crippen molar-refractivity contribution >= 4 is 33.4 Å². The molecule has 4 nitrogen and oxygen atoms in total. The minimum absolute atomic E-state index is 0.0133. The molecular weight excluding hydrogens is 330 g/mol. The Balaban J connectivity index is 2.33. The Morgan fingerprint density at radius 2 is 2.16 bits per heavy atom. The minimum atomic E-state index is -0.525. The number of rotatable bonds is 8. The standard InChI is InChI=1S/C13H20BrNO3S/c1-9(6-17-2)18-7-11(16)8-19-13-5-10(14)3-4-12(13)15/h3-5,9,11,16H,6-8,15H2,1-2H3. The van der Waals surface area contributed by atoms with Gasteiger partial charge in [0.05, 0.1) is 25.4 Å². The molecule has 6 heteroatoms. The number of aliphatic hydroxyl groups is 1. The van der Waals surface area contributed by atoms with Crippen LogP contribution >= 0.6 is 27.7 Å². The summed E-state index contributed by atoms with van der Waals surface area (Å²) in [6.45, 7) is 2.74. The lowest BCUT2D eigenvalue weighted by atomic mass is 10.3. The lowest BCUT2D eigenvalue weighted by Gasteiger charge is -2.16. The molecule has 1 aromatic carbocycles. The summed E-state index contributed by atoms with van der Waals surface area (Å²) in [5, 5.41) is 9.85. The molecule has 0 bridgehead atoms. The average molecular weight is 350 g/mol. The van der Waals surface area contributed by atoms with E-state index in [0.717, 1.165) is 9.37 Å². The Hall–Kier alpha value is -0.270. The summed E-state index contributed by atoms with van der Waals surface area (Å²) in [5.74, 6) is 0.542. The SMILES string of the molecule is COCC(C)OCC(O)CSc1cc(Br)ccc1N. The van der Waals surface area contributed by atoms with Crippen molar-refractivity contribution < 1.29 is 14.6 Å². The van der Waals surface area contributed by atoms with Gasteiger partial charge in [-0.05, 0) is 25.1 Å². The Labute approximate surface area is 126 Å². The predicted molar refractivity (Wildman–Crippen MR) is 82.6 cm³/mol. The number of hydrogen-bond donors (Lipinski definition) is 2. The first-order valence-corrected chi connectivity index (χ1v) is 7.77.